The van der Waals surface area contributed by atoms with Crippen molar-refractivity contribution in [1.29, 1.82) is 0 Å². The quantitative estimate of drug-likeness (QED) is 0.756. The van der Waals surface area contributed by atoms with Gasteiger partial charge >= 0.3 is 6.03 Å². The Bertz CT molecular complexity index is 592. The molecular weight excluding hydrogens is 322 g/mol. The van der Waals surface area contributed by atoms with Crippen LogP contribution in [-0.4, -0.2) is 16.9 Å². The van der Waals surface area contributed by atoms with E-state index in [0.717, 1.165) is 15.8 Å². The van der Waals surface area contributed by atoms with E-state index in [0.29, 0.717) is 12.5 Å². The summed E-state index contributed by atoms with van der Waals surface area (Å²) in [4.78, 5) is 14.3. The van der Waals surface area contributed by atoms with Crippen molar-refractivity contribution in [3.05, 3.63) is 28.0 Å². The maximum absolute atomic E-state index is 11.7. The maximum Gasteiger partial charge on any atom is 0.319 e. The summed E-state index contributed by atoms with van der Waals surface area (Å²) in [6.07, 6.45) is 0. The summed E-state index contributed by atoms with van der Waals surface area (Å²) in [7, 11) is 0. The van der Waals surface area contributed by atoms with Gasteiger partial charge in [-0.3, -0.25) is 5.32 Å². The zero-order chi connectivity index (χ0) is 15.2. The number of anilines is 1. The van der Waals surface area contributed by atoms with Gasteiger partial charge in [-0.05, 0) is 36.5 Å². The van der Waals surface area contributed by atoms with Crippen molar-refractivity contribution in [3.63, 3.8) is 0 Å². The molecule has 0 atom stereocenters. The summed E-state index contributed by atoms with van der Waals surface area (Å²) in [5.74, 6) is 1.36. The normalized spacial score (nSPS) is 10.9. The summed E-state index contributed by atoms with van der Waals surface area (Å²) in [5.41, 5.74) is 0. The van der Waals surface area contributed by atoms with Crippen molar-refractivity contribution in [2.75, 3.05) is 11.9 Å². The first-order chi connectivity index (χ1) is 10.0. The van der Waals surface area contributed by atoms with E-state index in [1.165, 1.54) is 21.3 Å². The van der Waals surface area contributed by atoms with E-state index in [-0.39, 0.29) is 6.03 Å². The zero-order valence-corrected chi connectivity index (χ0v) is 14.8. The summed E-state index contributed by atoms with van der Waals surface area (Å²) >= 11 is 4.81. The van der Waals surface area contributed by atoms with E-state index >= 15 is 0 Å². The molecule has 2 N–H and O–H groups in total. The first-order valence-electron chi connectivity index (χ1n) is 6.72. The van der Waals surface area contributed by atoms with Crippen molar-refractivity contribution in [1.82, 2.24) is 9.69 Å². The Morgan fingerprint density at radius 3 is 2.90 bits per heavy atom. The Morgan fingerprint density at radius 2 is 2.24 bits per heavy atom. The topological polar surface area (TPSA) is 54.0 Å². The summed E-state index contributed by atoms with van der Waals surface area (Å²) in [5, 5.41) is 7.37. The lowest BCUT2D eigenvalue weighted by Gasteiger charge is -2.07. The fourth-order valence-corrected chi connectivity index (χ4v) is 4.17. The van der Waals surface area contributed by atoms with Crippen LogP contribution in [0.3, 0.4) is 0 Å². The predicted octanol–water partition coefficient (Wildman–Crippen LogP) is 4.58. The molecule has 2 aromatic rings. The van der Waals surface area contributed by atoms with Crippen LogP contribution in [0, 0.1) is 12.8 Å². The predicted molar refractivity (Wildman–Crippen MR) is 92.6 cm³/mol. The van der Waals surface area contributed by atoms with Crippen LogP contribution in [0.1, 0.15) is 23.6 Å². The van der Waals surface area contributed by atoms with Crippen LogP contribution in [0.2, 0.25) is 0 Å². The van der Waals surface area contributed by atoms with Gasteiger partial charge in [0, 0.05) is 28.1 Å². The summed E-state index contributed by atoms with van der Waals surface area (Å²) in [6, 6.07) is 6.04. The molecule has 0 bridgehead atoms. The molecule has 0 aliphatic carbocycles. The maximum atomic E-state index is 11.7. The number of hydrogen-bond acceptors (Lipinski definition) is 5. The molecule has 2 heterocycles. The highest BCUT2D eigenvalue weighted by atomic mass is 32.2. The SMILES string of the molecule is Cc1ccc(CSc2cc(NC(=O)NCC(C)C)sn2)s1. The first-order valence-corrected chi connectivity index (χ1v) is 9.30. The fourth-order valence-electron chi connectivity index (χ4n) is 1.55. The van der Waals surface area contributed by atoms with Gasteiger partial charge in [0.2, 0.25) is 0 Å². The van der Waals surface area contributed by atoms with Crippen LogP contribution >= 0.6 is 34.6 Å². The van der Waals surface area contributed by atoms with Crippen molar-refractivity contribution < 1.29 is 4.79 Å². The third-order valence-corrected chi connectivity index (χ3v) is 5.52. The Labute approximate surface area is 137 Å². The van der Waals surface area contributed by atoms with Gasteiger partial charge in [-0.1, -0.05) is 25.6 Å². The number of aryl methyl sites for hydroxylation is 1. The number of thiophene rings is 1. The molecule has 0 radical (unpaired) electrons. The van der Waals surface area contributed by atoms with Gasteiger partial charge in [0.25, 0.3) is 0 Å². The minimum absolute atomic E-state index is 0.169. The molecule has 4 nitrogen and oxygen atoms in total. The van der Waals surface area contributed by atoms with Crippen LogP contribution in [0.5, 0.6) is 0 Å². The van der Waals surface area contributed by atoms with Crippen molar-refractivity contribution in [3.8, 4) is 0 Å². The van der Waals surface area contributed by atoms with Crippen molar-refractivity contribution in [2.45, 2.75) is 31.6 Å². The molecule has 7 heteroatoms. The Balaban J connectivity index is 1.79. The molecule has 0 fully saturated rings. The van der Waals surface area contributed by atoms with E-state index in [1.807, 2.05) is 17.4 Å². The van der Waals surface area contributed by atoms with Crippen LogP contribution in [0.15, 0.2) is 23.2 Å². The van der Waals surface area contributed by atoms with Crippen LogP contribution in [0.25, 0.3) is 0 Å². The molecule has 2 aromatic heterocycles. The molecule has 0 aromatic carbocycles. The molecule has 0 unspecified atom stereocenters. The number of aromatic nitrogens is 1. The fraction of sp³-hybridized carbons (Fsp3) is 0.429. The first kappa shape index (κ1) is 16.3. The summed E-state index contributed by atoms with van der Waals surface area (Å²) in [6.45, 7) is 6.91. The number of rotatable bonds is 6. The van der Waals surface area contributed by atoms with E-state index in [1.54, 1.807) is 11.8 Å². The molecule has 0 saturated carbocycles. The summed E-state index contributed by atoms with van der Waals surface area (Å²) < 4.78 is 4.35. The average molecular weight is 342 g/mol. The smallest absolute Gasteiger partial charge is 0.319 e. The molecular formula is C14H19N3OS3. The number of thioether (sulfide) groups is 1. The Hall–Kier alpha value is -1.05. The van der Waals surface area contributed by atoms with Gasteiger partial charge in [0.1, 0.15) is 10.0 Å². The van der Waals surface area contributed by atoms with Gasteiger partial charge in [-0.15, -0.1) is 11.3 Å². The standard InChI is InChI=1S/C14H19N3OS3/c1-9(2)7-15-14(18)16-12-6-13(17-21-12)19-8-11-5-4-10(3)20-11/h4-6,9H,7-8H2,1-3H3,(H2,15,16,18). The minimum Gasteiger partial charge on any atom is -0.338 e. The second-order valence-corrected chi connectivity index (χ2v) is 8.23. The molecule has 0 aliphatic heterocycles. The number of nitrogens with one attached hydrogen (secondary N) is 2. The van der Waals surface area contributed by atoms with Gasteiger partial charge in [0.05, 0.1) is 0 Å². The molecule has 21 heavy (non-hydrogen) atoms. The highest BCUT2D eigenvalue weighted by Gasteiger charge is 2.07. The van der Waals surface area contributed by atoms with Gasteiger partial charge in [0.15, 0.2) is 0 Å². The highest BCUT2D eigenvalue weighted by Crippen LogP contribution is 2.29. The monoisotopic (exact) mass is 341 g/mol. The number of carbonyl (C=O) groups is 1. The van der Waals surface area contributed by atoms with E-state index in [2.05, 4.69) is 47.9 Å². The van der Waals surface area contributed by atoms with E-state index in [4.69, 9.17) is 0 Å². The third kappa shape index (κ3) is 5.68. The number of nitrogens with zero attached hydrogens (tertiary/aromatic N) is 1. The molecule has 0 spiro atoms. The minimum atomic E-state index is -0.169. The molecule has 0 aliphatic rings. The number of urea groups is 1. The largest absolute Gasteiger partial charge is 0.338 e. The number of hydrogen-bond donors (Lipinski definition) is 2. The van der Waals surface area contributed by atoms with E-state index in [9.17, 15) is 4.79 Å². The van der Waals surface area contributed by atoms with Gasteiger partial charge in [-0.2, -0.15) is 4.37 Å². The van der Waals surface area contributed by atoms with Crippen LogP contribution in [-0.2, 0) is 5.75 Å². The average Bonchev–Trinajstić information content (AvgIpc) is 3.03. The van der Waals surface area contributed by atoms with Gasteiger partial charge in [-0.25, -0.2) is 4.79 Å². The van der Waals surface area contributed by atoms with Gasteiger partial charge < -0.3 is 5.32 Å². The van der Waals surface area contributed by atoms with Crippen molar-refractivity contribution in [2.24, 2.45) is 5.92 Å². The lowest BCUT2D eigenvalue weighted by atomic mass is 10.2. The van der Waals surface area contributed by atoms with Crippen molar-refractivity contribution >= 4 is 45.7 Å². The highest BCUT2D eigenvalue weighted by molar-refractivity contribution is 7.98. The molecule has 114 valence electrons. The Morgan fingerprint density at radius 1 is 1.43 bits per heavy atom. The second kappa shape index (κ2) is 7.82. The van der Waals surface area contributed by atoms with Crippen LogP contribution in [0.4, 0.5) is 9.80 Å². The molecule has 0 saturated heterocycles. The van der Waals surface area contributed by atoms with E-state index < -0.39 is 0 Å². The lowest BCUT2D eigenvalue weighted by Crippen LogP contribution is -2.31. The third-order valence-electron chi connectivity index (χ3n) is 2.55. The molecule has 2 rings (SSSR count). The lowest BCUT2D eigenvalue weighted by molar-refractivity contribution is 0.251. The second-order valence-electron chi connectivity index (χ2n) is 5.06. The number of amides is 2. The Kier molecular flexibility index (Phi) is 6.08. The van der Waals surface area contributed by atoms with Crippen LogP contribution < -0.4 is 10.6 Å². The number of carbonyl (C=O) groups excluding carboxylic acids is 1. The zero-order valence-electron chi connectivity index (χ0n) is 12.3. The molecule has 2 amide bonds.